The Kier molecular flexibility index (Phi) is 8.63. The van der Waals surface area contributed by atoms with Crippen molar-refractivity contribution in [2.75, 3.05) is 18.5 Å². The zero-order valence-electron chi connectivity index (χ0n) is 19.0. The van der Waals surface area contributed by atoms with E-state index < -0.39 is 12.0 Å². The molecular formula is C24H28FN3O5. The highest BCUT2D eigenvalue weighted by atomic mass is 19.1. The quantitative estimate of drug-likeness (QED) is 0.397. The molecule has 33 heavy (non-hydrogen) atoms. The number of nitrogens with zero attached hydrogens (tertiary/aromatic N) is 2. The van der Waals surface area contributed by atoms with Crippen LogP contribution in [0.5, 0.6) is 17.2 Å². The third-order valence-corrected chi connectivity index (χ3v) is 4.63. The van der Waals surface area contributed by atoms with E-state index in [0.29, 0.717) is 48.1 Å². The van der Waals surface area contributed by atoms with Gasteiger partial charge in [-0.2, -0.15) is 0 Å². The smallest absolute Gasteiger partial charge is 0.266 e. The van der Waals surface area contributed by atoms with E-state index in [-0.39, 0.29) is 11.6 Å². The highest BCUT2D eigenvalue weighted by Crippen LogP contribution is 2.34. The Hall–Kier alpha value is -3.62. The summed E-state index contributed by atoms with van der Waals surface area (Å²) in [4.78, 5) is 12.8. The van der Waals surface area contributed by atoms with E-state index in [4.69, 9.17) is 18.8 Å². The second-order valence-corrected chi connectivity index (χ2v) is 7.28. The number of amides is 1. The molecule has 0 saturated heterocycles. The number of rotatable bonds is 12. The van der Waals surface area contributed by atoms with Crippen LogP contribution in [-0.2, 0) is 4.79 Å². The van der Waals surface area contributed by atoms with Crippen LogP contribution in [0.15, 0.2) is 47.1 Å². The van der Waals surface area contributed by atoms with Crippen LogP contribution in [0.3, 0.4) is 0 Å². The van der Waals surface area contributed by atoms with Crippen LogP contribution in [-0.4, -0.2) is 35.5 Å². The van der Waals surface area contributed by atoms with Crippen molar-refractivity contribution in [1.82, 2.24) is 10.3 Å². The highest BCUT2D eigenvalue weighted by molar-refractivity contribution is 5.96. The van der Waals surface area contributed by atoms with Crippen molar-refractivity contribution < 1.29 is 28.0 Å². The largest absolute Gasteiger partial charge is 0.490 e. The van der Waals surface area contributed by atoms with Gasteiger partial charge in [0.15, 0.2) is 23.3 Å². The maximum Gasteiger partial charge on any atom is 0.266 e. The second kappa shape index (κ2) is 11.8. The van der Waals surface area contributed by atoms with Crippen molar-refractivity contribution in [3.05, 3.63) is 48.3 Å². The number of ether oxygens (including phenoxy) is 3. The number of nitrogens with one attached hydrogen (secondary N) is 1. The number of hydrogen-bond donors (Lipinski definition) is 1. The Labute approximate surface area is 192 Å². The zero-order valence-corrected chi connectivity index (χ0v) is 19.0. The lowest BCUT2D eigenvalue weighted by Gasteiger charge is -2.16. The Morgan fingerprint density at radius 3 is 2.36 bits per heavy atom. The third kappa shape index (κ3) is 6.44. The summed E-state index contributed by atoms with van der Waals surface area (Å²) in [6, 6.07) is 10.8. The summed E-state index contributed by atoms with van der Waals surface area (Å²) in [5.41, 5.74) is 0.998. The second-order valence-electron chi connectivity index (χ2n) is 7.28. The highest BCUT2D eigenvalue weighted by Gasteiger charge is 2.23. The summed E-state index contributed by atoms with van der Waals surface area (Å²) in [6.45, 7) is 6.96. The van der Waals surface area contributed by atoms with Gasteiger partial charge in [-0.3, -0.25) is 4.79 Å². The molecule has 0 unspecified atom stereocenters. The minimum atomic E-state index is -0.812. The molecule has 0 aliphatic heterocycles. The van der Waals surface area contributed by atoms with Crippen molar-refractivity contribution in [3.8, 4) is 28.5 Å². The van der Waals surface area contributed by atoms with Gasteiger partial charge in [0.1, 0.15) is 11.6 Å². The van der Waals surface area contributed by atoms with Gasteiger partial charge in [-0.15, -0.1) is 0 Å². The van der Waals surface area contributed by atoms with Gasteiger partial charge in [-0.25, -0.2) is 9.02 Å². The van der Waals surface area contributed by atoms with E-state index in [2.05, 4.69) is 15.6 Å². The number of benzene rings is 2. The van der Waals surface area contributed by atoms with Gasteiger partial charge in [0, 0.05) is 5.56 Å². The van der Waals surface area contributed by atoms with Crippen molar-refractivity contribution in [2.24, 2.45) is 0 Å². The number of carbonyl (C=O) groups is 1. The number of anilines is 1. The van der Waals surface area contributed by atoms with Gasteiger partial charge >= 0.3 is 0 Å². The minimum Gasteiger partial charge on any atom is -0.490 e. The summed E-state index contributed by atoms with van der Waals surface area (Å²) in [5, 5.41) is 10.5. The molecule has 1 heterocycles. The molecule has 2 aromatic carbocycles. The lowest BCUT2D eigenvalue weighted by Crippen LogP contribution is -2.32. The van der Waals surface area contributed by atoms with Crippen LogP contribution in [0.25, 0.3) is 11.3 Å². The Morgan fingerprint density at radius 1 is 1.00 bits per heavy atom. The van der Waals surface area contributed by atoms with E-state index in [9.17, 15) is 9.18 Å². The van der Waals surface area contributed by atoms with Gasteiger partial charge in [0.2, 0.25) is 5.82 Å². The Morgan fingerprint density at radius 2 is 1.70 bits per heavy atom. The van der Waals surface area contributed by atoms with Gasteiger partial charge < -0.3 is 19.5 Å². The van der Waals surface area contributed by atoms with Gasteiger partial charge in [-0.05, 0) is 72.0 Å². The molecule has 0 spiro atoms. The lowest BCUT2D eigenvalue weighted by molar-refractivity contribution is -0.122. The first-order chi connectivity index (χ1) is 16.0. The number of halogens is 1. The first-order valence-corrected chi connectivity index (χ1v) is 11.0. The van der Waals surface area contributed by atoms with Gasteiger partial charge in [0.05, 0.1) is 13.2 Å². The molecule has 3 aromatic rings. The minimum absolute atomic E-state index is 0.157. The molecule has 0 saturated carbocycles. The fourth-order valence-electron chi connectivity index (χ4n) is 2.97. The van der Waals surface area contributed by atoms with Crippen LogP contribution in [0, 0.1) is 5.82 Å². The maximum absolute atomic E-state index is 13.1. The van der Waals surface area contributed by atoms with E-state index in [1.807, 2.05) is 20.8 Å². The fraction of sp³-hybridized carbons (Fsp3) is 0.375. The summed E-state index contributed by atoms with van der Waals surface area (Å²) < 4.78 is 35.3. The Balaban J connectivity index is 1.78. The molecule has 0 aliphatic rings. The van der Waals surface area contributed by atoms with Gasteiger partial charge in [0.25, 0.3) is 5.91 Å². The van der Waals surface area contributed by atoms with Crippen LogP contribution in [0.1, 0.15) is 40.0 Å². The standard InChI is InChI=1S/C24H28FN3O5/c1-4-13-30-20-12-7-16(15-21(20)31-14-5-2)22-23(28-33-27-22)26-24(29)19(6-3)32-18-10-8-17(25)9-11-18/h7-12,15,19H,4-6,13-14H2,1-3H3,(H,26,28,29)/t19-/m1/s1. The molecule has 0 fully saturated rings. The number of aromatic nitrogens is 2. The molecule has 176 valence electrons. The van der Waals surface area contributed by atoms with Crippen molar-refractivity contribution in [3.63, 3.8) is 0 Å². The summed E-state index contributed by atoms with van der Waals surface area (Å²) in [5.74, 6) is 0.946. The molecule has 0 aliphatic carbocycles. The van der Waals surface area contributed by atoms with E-state index >= 15 is 0 Å². The Bertz CT molecular complexity index is 1040. The molecule has 3 rings (SSSR count). The van der Waals surface area contributed by atoms with Crippen LogP contribution >= 0.6 is 0 Å². The summed E-state index contributed by atoms with van der Waals surface area (Å²) in [6.07, 6.45) is 1.30. The zero-order chi connectivity index (χ0) is 23.6. The normalized spacial score (nSPS) is 11.6. The molecule has 1 amide bonds. The maximum atomic E-state index is 13.1. The third-order valence-electron chi connectivity index (χ3n) is 4.63. The average molecular weight is 458 g/mol. The van der Waals surface area contributed by atoms with Gasteiger partial charge in [-0.1, -0.05) is 20.8 Å². The van der Waals surface area contributed by atoms with Crippen LogP contribution in [0.4, 0.5) is 10.2 Å². The molecule has 8 nitrogen and oxygen atoms in total. The van der Waals surface area contributed by atoms with Crippen molar-refractivity contribution >= 4 is 11.7 Å². The van der Waals surface area contributed by atoms with E-state index in [1.54, 1.807) is 18.2 Å². The van der Waals surface area contributed by atoms with Crippen molar-refractivity contribution in [1.29, 1.82) is 0 Å². The molecule has 1 atom stereocenters. The van der Waals surface area contributed by atoms with E-state index in [1.165, 1.54) is 24.3 Å². The molecule has 0 bridgehead atoms. The number of carbonyl (C=O) groups excluding carboxylic acids is 1. The molecule has 1 N–H and O–H groups in total. The van der Waals surface area contributed by atoms with E-state index in [0.717, 1.165) is 12.8 Å². The first kappa shape index (κ1) is 24.0. The predicted octanol–water partition coefficient (Wildman–Crippen LogP) is 5.25. The summed E-state index contributed by atoms with van der Waals surface area (Å²) in [7, 11) is 0. The fourth-order valence-corrected chi connectivity index (χ4v) is 2.97. The average Bonchev–Trinajstić information content (AvgIpc) is 3.29. The van der Waals surface area contributed by atoms with Crippen LogP contribution in [0.2, 0.25) is 0 Å². The predicted molar refractivity (Wildman–Crippen MR) is 121 cm³/mol. The van der Waals surface area contributed by atoms with Crippen LogP contribution < -0.4 is 19.5 Å². The molecular weight excluding hydrogens is 429 g/mol. The number of hydrogen-bond acceptors (Lipinski definition) is 7. The SMILES string of the molecule is CCCOc1ccc(-c2nonc2NC(=O)[C@@H](CC)Oc2ccc(F)cc2)cc1OCCC. The van der Waals surface area contributed by atoms with Crippen molar-refractivity contribution in [2.45, 2.75) is 46.1 Å². The molecule has 0 radical (unpaired) electrons. The lowest BCUT2D eigenvalue weighted by atomic mass is 10.1. The monoisotopic (exact) mass is 457 g/mol. The molecule has 1 aromatic heterocycles. The summed E-state index contributed by atoms with van der Waals surface area (Å²) >= 11 is 0. The first-order valence-electron chi connectivity index (χ1n) is 11.0. The molecule has 9 heteroatoms. The topological polar surface area (TPSA) is 95.7 Å².